The van der Waals surface area contributed by atoms with Gasteiger partial charge in [0.1, 0.15) is 5.82 Å². The molecular formula is C12H15FN2. The highest BCUT2D eigenvalue weighted by Crippen LogP contribution is 2.08. The van der Waals surface area contributed by atoms with Crippen molar-refractivity contribution < 1.29 is 4.39 Å². The molecule has 3 heteroatoms. The highest BCUT2D eigenvalue weighted by molar-refractivity contribution is 5.09. The van der Waals surface area contributed by atoms with E-state index < -0.39 is 0 Å². The lowest BCUT2D eigenvalue weighted by atomic mass is 10.2. The molecule has 0 aliphatic heterocycles. The molecule has 80 valence electrons. The number of nitrogens with zero attached hydrogens (tertiary/aromatic N) is 1. The normalized spacial score (nSPS) is 11.7. The van der Waals surface area contributed by atoms with Crippen LogP contribution in [0.25, 0.3) is 0 Å². The summed E-state index contributed by atoms with van der Waals surface area (Å²) >= 11 is 0. The van der Waals surface area contributed by atoms with Crippen molar-refractivity contribution in [2.45, 2.75) is 26.3 Å². The van der Waals surface area contributed by atoms with Crippen LogP contribution in [-0.2, 0) is 0 Å². The summed E-state index contributed by atoms with van der Waals surface area (Å²) in [5.74, 6) is 5.50. The molecule has 0 aromatic carbocycles. The van der Waals surface area contributed by atoms with Gasteiger partial charge in [0.2, 0.25) is 0 Å². The number of hydrogen-bond donors (Lipinski definition) is 1. The van der Waals surface area contributed by atoms with E-state index in [0.717, 1.165) is 18.7 Å². The fourth-order valence-corrected chi connectivity index (χ4v) is 1.22. The molecule has 1 N–H and O–H groups in total. The Kier molecular flexibility index (Phi) is 4.79. The summed E-state index contributed by atoms with van der Waals surface area (Å²) in [5, 5.41) is 3.27. The Balaban J connectivity index is 2.41. The summed E-state index contributed by atoms with van der Waals surface area (Å²) in [4.78, 5) is 4.00. The molecule has 0 saturated carbocycles. The van der Waals surface area contributed by atoms with Crippen molar-refractivity contribution in [3.63, 3.8) is 0 Å². The standard InChI is InChI=1S/C12H15FN2/c1-3-4-5-8-14-10(2)12-7-6-11(13)9-15-12/h6-7,9-10,14H,5,8H2,1-2H3. The first kappa shape index (κ1) is 11.7. The van der Waals surface area contributed by atoms with Gasteiger partial charge < -0.3 is 5.32 Å². The lowest BCUT2D eigenvalue weighted by molar-refractivity contribution is 0.562. The molecule has 0 saturated heterocycles. The Hall–Kier alpha value is -1.40. The maximum absolute atomic E-state index is 12.6. The topological polar surface area (TPSA) is 24.9 Å². The second-order valence-electron chi connectivity index (χ2n) is 3.25. The van der Waals surface area contributed by atoms with Crippen molar-refractivity contribution in [1.29, 1.82) is 0 Å². The van der Waals surface area contributed by atoms with E-state index in [-0.39, 0.29) is 11.9 Å². The van der Waals surface area contributed by atoms with Gasteiger partial charge in [-0.05, 0) is 26.0 Å². The van der Waals surface area contributed by atoms with Gasteiger partial charge in [-0.1, -0.05) is 0 Å². The summed E-state index contributed by atoms with van der Waals surface area (Å²) in [6, 6.07) is 3.24. The van der Waals surface area contributed by atoms with E-state index in [4.69, 9.17) is 0 Å². The molecular weight excluding hydrogens is 191 g/mol. The zero-order valence-electron chi connectivity index (χ0n) is 9.05. The number of halogens is 1. The molecule has 1 unspecified atom stereocenters. The van der Waals surface area contributed by atoms with Gasteiger partial charge in [0.15, 0.2) is 0 Å². The Morgan fingerprint density at radius 2 is 2.33 bits per heavy atom. The predicted molar refractivity (Wildman–Crippen MR) is 58.7 cm³/mol. The van der Waals surface area contributed by atoms with E-state index >= 15 is 0 Å². The SMILES string of the molecule is CC#CCCNC(C)c1ccc(F)cn1. The van der Waals surface area contributed by atoms with Crippen LogP contribution in [0.2, 0.25) is 0 Å². The van der Waals surface area contributed by atoms with Crippen molar-refractivity contribution >= 4 is 0 Å². The first-order chi connectivity index (χ1) is 7.24. The van der Waals surface area contributed by atoms with E-state index in [9.17, 15) is 4.39 Å². The van der Waals surface area contributed by atoms with Crippen molar-refractivity contribution in [3.8, 4) is 11.8 Å². The van der Waals surface area contributed by atoms with Crippen molar-refractivity contribution in [2.75, 3.05) is 6.54 Å². The third-order valence-electron chi connectivity index (χ3n) is 2.07. The highest BCUT2D eigenvalue weighted by Gasteiger charge is 2.04. The Morgan fingerprint density at radius 3 is 2.93 bits per heavy atom. The summed E-state index contributed by atoms with van der Waals surface area (Å²) in [7, 11) is 0. The second-order valence-corrected chi connectivity index (χ2v) is 3.25. The molecule has 0 amide bonds. The maximum Gasteiger partial charge on any atom is 0.141 e. The molecule has 0 fully saturated rings. The van der Waals surface area contributed by atoms with Crippen LogP contribution in [0.4, 0.5) is 4.39 Å². The summed E-state index contributed by atoms with van der Waals surface area (Å²) < 4.78 is 12.6. The molecule has 15 heavy (non-hydrogen) atoms. The Morgan fingerprint density at radius 1 is 1.53 bits per heavy atom. The van der Waals surface area contributed by atoms with Crippen LogP contribution in [0.1, 0.15) is 32.0 Å². The Labute approximate surface area is 89.9 Å². The molecule has 0 spiro atoms. The van der Waals surface area contributed by atoms with Gasteiger partial charge in [-0.25, -0.2) is 4.39 Å². The van der Waals surface area contributed by atoms with Gasteiger partial charge in [-0.3, -0.25) is 4.98 Å². The van der Waals surface area contributed by atoms with E-state index in [2.05, 4.69) is 22.1 Å². The molecule has 1 aromatic heterocycles. The van der Waals surface area contributed by atoms with Gasteiger partial charge >= 0.3 is 0 Å². The number of aromatic nitrogens is 1. The molecule has 0 aliphatic rings. The average molecular weight is 206 g/mol. The maximum atomic E-state index is 12.6. The van der Waals surface area contributed by atoms with Gasteiger partial charge in [-0.2, -0.15) is 0 Å². The smallest absolute Gasteiger partial charge is 0.141 e. The number of rotatable bonds is 4. The van der Waals surface area contributed by atoms with Gasteiger partial charge in [0.05, 0.1) is 11.9 Å². The lowest BCUT2D eigenvalue weighted by Gasteiger charge is -2.11. The van der Waals surface area contributed by atoms with Crippen LogP contribution in [0.5, 0.6) is 0 Å². The molecule has 0 radical (unpaired) electrons. The average Bonchev–Trinajstić information content (AvgIpc) is 2.25. The van der Waals surface area contributed by atoms with E-state index in [1.165, 1.54) is 12.3 Å². The fraction of sp³-hybridized carbons (Fsp3) is 0.417. The molecule has 1 rings (SSSR count). The monoisotopic (exact) mass is 206 g/mol. The number of nitrogens with one attached hydrogen (secondary N) is 1. The van der Waals surface area contributed by atoms with Crippen LogP contribution in [-0.4, -0.2) is 11.5 Å². The highest BCUT2D eigenvalue weighted by atomic mass is 19.1. The van der Waals surface area contributed by atoms with E-state index in [1.807, 2.05) is 13.8 Å². The summed E-state index contributed by atoms with van der Waals surface area (Å²) in [6.45, 7) is 4.64. The molecule has 1 aromatic rings. The third kappa shape index (κ3) is 4.09. The second kappa shape index (κ2) is 6.15. The zero-order valence-corrected chi connectivity index (χ0v) is 9.05. The number of pyridine rings is 1. The quantitative estimate of drug-likeness (QED) is 0.604. The van der Waals surface area contributed by atoms with Crippen LogP contribution in [0, 0.1) is 17.7 Å². The van der Waals surface area contributed by atoms with Crippen molar-refractivity contribution in [1.82, 2.24) is 10.3 Å². The Bertz CT molecular complexity index is 348. The first-order valence-corrected chi connectivity index (χ1v) is 4.98. The summed E-state index contributed by atoms with van der Waals surface area (Å²) in [5.41, 5.74) is 0.848. The minimum atomic E-state index is -0.303. The van der Waals surface area contributed by atoms with Crippen LogP contribution >= 0.6 is 0 Å². The predicted octanol–water partition coefficient (Wildman–Crippen LogP) is 2.28. The minimum absolute atomic E-state index is 0.129. The third-order valence-corrected chi connectivity index (χ3v) is 2.07. The number of hydrogen-bond acceptors (Lipinski definition) is 2. The fourth-order valence-electron chi connectivity index (χ4n) is 1.22. The molecule has 1 atom stereocenters. The largest absolute Gasteiger partial charge is 0.308 e. The zero-order chi connectivity index (χ0) is 11.1. The molecule has 0 aliphatic carbocycles. The summed E-state index contributed by atoms with van der Waals surface area (Å²) in [6.07, 6.45) is 2.06. The first-order valence-electron chi connectivity index (χ1n) is 4.98. The van der Waals surface area contributed by atoms with E-state index in [1.54, 1.807) is 6.07 Å². The van der Waals surface area contributed by atoms with Gasteiger partial charge in [0, 0.05) is 19.0 Å². The lowest BCUT2D eigenvalue weighted by Crippen LogP contribution is -2.20. The van der Waals surface area contributed by atoms with Crippen LogP contribution in [0.15, 0.2) is 18.3 Å². The molecule has 1 heterocycles. The van der Waals surface area contributed by atoms with Crippen LogP contribution in [0.3, 0.4) is 0 Å². The van der Waals surface area contributed by atoms with Crippen LogP contribution < -0.4 is 5.32 Å². The molecule has 2 nitrogen and oxygen atoms in total. The van der Waals surface area contributed by atoms with Gasteiger partial charge in [-0.15, -0.1) is 11.8 Å². The van der Waals surface area contributed by atoms with Crippen molar-refractivity contribution in [2.24, 2.45) is 0 Å². The molecule has 0 bridgehead atoms. The van der Waals surface area contributed by atoms with Gasteiger partial charge in [0.25, 0.3) is 0 Å². The minimum Gasteiger partial charge on any atom is -0.308 e. The van der Waals surface area contributed by atoms with E-state index in [0.29, 0.717) is 0 Å². The van der Waals surface area contributed by atoms with Crippen molar-refractivity contribution in [3.05, 3.63) is 29.8 Å².